The van der Waals surface area contributed by atoms with Gasteiger partial charge in [0.05, 0.1) is 35.9 Å². The molecule has 2 aliphatic rings. The van der Waals surface area contributed by atoms with E-state index < -0.39 is 5.97 Å². The molecular weight excluding hydrogens is 458 g/mol. The first-order chi connectivity index (χ1) is 17.3. The molecule has 1 amide bonds. The van der Waals surface area contributed by atoms with Crippen LogP contribution < -0.4 is 4.90 Å². The van der Waals surface area contributed by atoms with Gasteiger partial charge in [0.1, 0.15) is 5.82 Å². The first-order valence-corrected chi connectivity index (χ1v) is 12.9. The normalized spacial score (nSPS) is 22.9. The van der Waals surface area contributed by atoms with Crippen molar-refractivity contribution in [2.75, 3.05) is 12.0 Å². The van der Waals surface area contributed by atoms with Crippen LogP contribution in [-0.4, -0.2) is 49.7 Å². The fourth-order valence-electron chi connectivity index (χ4n) is 6.13. The van der Waals surface area contributed by atoms with E-state index in [1.54, 1.807) is 4.90 Å². The summed E-state index contributed by atoms with van der Waals surface area (Å²) >= 11 is 0. The van der Waals surface area contributed by atoms with Gasteiger partial charge in [-0.1, -0.05) is 6.92 Å². The van der Waals surface area contributed by atoms with Crippen molar-refractivity contribution >= 4 is 28.8 Å². The van der Waals surface area contributed by atoms with Crippen LogP contribution in [0.3, 0.4) is 0 Å². The SMILES string of the molecule is COC(=O)N1c2ccc3c(nc([C@@H](C)Cc4cnn(C)c4)n3C3CCC(C(=O)O)CC3)c2CC[C@@H]1C. The third-order valence-corrected chi connectivity index (χ3v) is 8.01. The van der Waals surface area contributed by atoms with Crippen LogP contribution in [0.25, 0.3) is 11.0 Å². The minimum absolute atomic E-state index is 0.0553. The fraction of sp³-hybridized carbons (Fsp3) is 0.556. The minimum Gasteiger partial charge on any atom is -0.481 e. The van der Waals surface area contributed by atoms with E-state index in [9.17, 15) is 14.7 Å². The van der Waals surface area contributed by atoms with Crippen molar-refractivity contribution in [2.24, 2.45) is 13.0 Å². The van der Waals surface area contributed by atoms with Gasteiger partial charge in [0.2, 0.25) is 0 Å². The van der Waals surface area contributed by atoms with E-state index in [1.165, 1.54) is 7.11 Å². The first-order valence-electron chi connectivity index (χ1n) is 12.9. The van der Waals surface area contributed by atoms with Gasteiger partial charge in [-0.25, -0.2) is 9.78 Å². The van der Waals surface area contributed by atoms with Crippen LogP contribution in [0.5, 0.6) is 0 Å². The minimum atomic E-state index is -0.694. The van der Waals surface area contributed by atoms with Crippen molar-refractivity contribution in [3.05, 3.63) is 41.5 Å². The molecule has 0 bridgehead atoms. The zero-order valence-electron chi connectivity index (χ0n) is 21.5. The maximum absolute atomic E-state index is 12.6. The predicted molar refractivity (Wildman–Crippen MR) is 136 cm³/mol. The van der Waals surface area contributed by atoms with Crippen molar-refractivity contribution < 1.29 is 19.4 Å². The number of hydrogen-bond acceptors (Lipinski definition) is 5. The van der Waals surface area contributed by atoms with Crippen LogP contribution in [0.2, 0.25) is 0 Å². The molecule has 3 heterocycles. The van der Waals surface area contributed by atoms with Crippen LogP contribution in [-0.2, 0) is 29.4 Å². The Kier molecular flexibility index (Phi) is 6.49. The van der Waals surface area contributed by atoms with E-state index in [2.05, 4.69) is 22.7 Å². The summed E-state index contributed by atoms with van der Waals surface area (Å²) in [6.45, 7) is 4.24. The van der Waals surface area contributed by atoms with Crippen LogP contribution in [0.15, 0.2) is 24.5 Å². The molecule has 0 spiro atoms. The average Bonchev–Trinajstić information content (AvgIpc) is 3.46. The molecule has 192 valence electrons. The lowest BCUT2D eigenvalue weighted by Gasteiger charge is -2.34. The van der Waals surface area contributed by atoms with Crippen LogP contribution >= 0.6 is 0 Å². The number of hydrogen-bond donors (Lipinski definition) is 1. The number of nitrogens with zero attached hydrogens (tertiary/aromatic N) is 5. The Balaban J connectivity index is 1.60. The highest BCUT2D eigenvalue weighted by molar-refractivity contribution is 5.95. The highest BCUT2D eigenvalue weighted by Gasteiger charge is 2.34. The van der Waals surface area contributed by atoms with E-state index in [1.807, 2.05) is 37.1 Å². The van der Waals surface area contributed by atoms with E-state index in [-0.39, 0.29) is 30.0 Å². The van der Waals surface area contributed by atoms with Crippen LogP contribution in [0.1, 0.15) is 74.9 Å². The monoisotopic (exact) mass is 493 g/mol. The Morgan fingerprint density at radius 2 is 1.94 bits per heavy atom. The van der Waals surface area contributed by atoms with Crippen molar-refractivity contribution in [3.8, 4) is 0 Å². The van der Waals surface area contributed by atoms with Crippen molar-refractivity contribution in [3.63, 3.8) is 0 Å². The smallest absolute Gasteiger partial charge is 0.414 e. The largest absolute Gasteiger partial charge is 0.481 e. The molecule has 9 heteroatoms. The number of amides is 1. The van der Waals surface area contributed by atoms with Gasteiger partial charge in [0.15, 0.2) is 0 Å². The summed E-state index contributed by atoms with van der Waals surface area (Å²) in [6, 6.07) is 4.37. The van der Waals surface area contributed by atoms with Gasteiger partial charge in [-0.2, -0.15) is 5.10 Å². The maximum atomic E-state index is 12.6. The topological polar surface area (TPSA) is 102 Å². The quantitative estimate of drug-likeness (QED) is 0.546. The standard InChI is InChI=1S/C27H35N5O4/c1-16(13-18-14-28-30(3)15-18)25-29-24-21-10-5-17(2)31(27(35)36-4)22(21)11-12-23(24)32(25)20-8-6-19(7-9-20)26(33)34/h11-12,14-17,19-20H,5-10,13H2,1-4H3,(H,33,34)/t16-,17-,19?,20?/m0/s1. The van der Waals surface area contributed by atoms with Gasteiger partial charge in [0.25, 0.3) is 0 Å². The molecule has 9 nitrogen and oxygen atoms in total. The Morgan fingerprint density at radius 1 is 1.19 bits per heavy atom. The van der Waals surface area contributed by atoms with Gasteiger partial charge in [-0.05, 0) is 69.6 Å². The third kappa shape index (κ3) is 4.24. The summed E-state index contributed by atoms with van der Waals surface area (Å²) in [7, 11) is 3.34. The van der Waals surface area contributed by atoms with Gasteiger partial charge < -0.3 is 14.4 Å². The summed E-state index contributed by atoms with van der Waals surface area (Å²) in [6.07, 6.45) is 9.09. The number of carboxylic acid groups (broad SMARTS) is 1. The van der Waals surface area contributed by atoms with Gasteiger partial charge >= 0.3 is 12.1 Å². The molecular formula is C27H35N5O4. The number of carbonyl (C=O) groups excluding carboxylic acids is 1. The number of methoxy groups -OCH3 is 1. The second-order valence-electron chi connectivity index (χ2n) is 10.5. The number of carbonyl (C=O) groups is 2. The van der Waals surface area contributed by atoms with Crippen LogP contribution in [0, 0.1) is 5.92 Å². The number of ether oxygens (including phenoxy) is 1. The summed E-state index contributed by atoms with van der Waals surface area (Å²) in [5, 5.41) is 13.8. The molecule has 2 aromatic heterocycles. The molecule has 1 aliphatic carbocycles. The molecule has 1 fully saturated rings. The van der Waals surface area contributed by atoms with Crippen LogP contribution in [0.4, 0.5) is 10.5 Å². The summed E-state index contributed by atoms with van der Waals surface area (Å²) < 4.78 is 9.28. The molecule has 5 rings (SSSR count). The number of benzene rings is 1. The number of carboxylic acids is 1. The zero-order chi connectivity index (χ0) is 25.6. The van der Waals surface area contributed by atoms with Crippen molar-refractivity contribution in [2.45, 2.75) is 76.8 Å². The molecule has 1 saturated carbocycles. The van der Waals surface area contributed by atoms with E-state index in [0.29, 0.717) is 12.8 Å². The van der Waals surface area contributed by atoms with E-state index >= 15 is 0 Å². The molecule has 1 aromatic carbocycles. The Hall–Kier alpha value is -3.36. The number of fused-ring (bicyclic) bond motifs is 3. The Bertz CT molecular complexity index is 1290. The molecule has 1 aliphatic heterocycles. The Labute approximate surface area is 211 Å². The summed E-state index contributed by atoms with van der Waals surface area (Å²) in [4.78, 5) is 31.2. The van der Waals surface area contributed by atoms with Crippen molar-refractivity contribution in [1.82, 2.24) is 19.3 Å². The molecule has 0 saturated heterocycles. The van der Waals surface area contributed by atoms with E-state index in [0.717, 1.165) is 65.8 Å². The Morgan fingerprint density at radius 3 is 2.58 bits per heavy atom. The van der Waals surface area contributed by atoms with Gasteiger partial charge in [0, 0.05) is 36.8 Å². The lowest BCUT2D eigenvalue weighted by molar-refractivity contribution is -0.143. The number of aliphatic carboxylic acids is 1. The highest BCUT2D eigenvalue weighted by Crippen LogP contribution is 2.41. The number of rotatable bonds is 5. The molecule has 0 radical (unpaired) electrons. The lowest BCUT2D eigenvalue weighted by atomic mass is 9.85. The van der Waals surface area contributed by atoms with Gasteiger partial charge in [-0.15, -0.1) is 0 Å². The molecule has 2 atom stereocenters. The molecule has 36 heavy (non-hydrogen) atoms. The van der Waals surface area contributed by atoms with Crippen molar-refractivity contribution in [1.29, 1.82) is 0 Å². The first kappa shape index (κ1) is 24.3. The lowest BCUT2D eigenvalue weighted by Crippen LogP contribution is -2.42. The number of aryl methyl sites for hydroxylation is 2. The molecule has 1 N–H and O–H groups in total. The number of imidazole rings is 1. The van der Waals surface area contributed by atoms with Gasteiger partial charge in [-0.3, -0.25) is 14.4 Å². The average molecular weight is 494 g/mol. The molecule has 3 aromatic rings. The summed E-state index contributed by atoms with van der Waals surface area (Å²) in [5.41, 5.74) is 5.13. The number of anilines is 1. The summed E-state index contributed by atoms with van der Waals surface area (Å²) in [5.74, 6) is 0.202. The fourth-order valence-corrected chi connectivity index (χ4v) is 6.13. The number of aromatic nitrogens is 4. The maximum Gasteiger partial charge on any atom is 0.414 e. The second kappa shape index (κ2) is 9.59. The third-order valence-electron chi connectivity index (χ3n) is 8.01. The second-order valence-corrected chi connectivity index (χ2v) is 10.5. The predicted octanol–water partition coefficient (Wildman–Crippen LogP) is 4.84. The highest BCUT2D eigenvalue weighted by atomic mass is 16.5. The molecule has 0 unspecified atom stereocenters. The zero-order valence-corrected chi connectivity index (χ0v) is 21.5. The van der Waals surface area contributed by atoms with E-state index in [4.69, 9.17) is 9.72 Å².